The van der Waals surface area contributed by atoms with E-state index < -0.39 is 17.4 Å². The Balaban J connectivity index is 1.72. The van der Waals surface area contributed by atoms with Crippen molar-refractivity contribution in [2.75, 3.05) is 11.4 Å². The summed E-state index contributed by atoms with van der Waals surface area (Å²) in [4.78, 5) is 33.3. The quantitative estimate of drug-likeness (QED) is 0.523. The summed E-state index contributed by atoms with van der Waals surface area (Å²) in [6.07, 6.45) is -0.682. The largest absolute Gasteiger partial charge is 0.389 e. The number of hydrogen-bond donors (Lipinski definition) is 1. The molecule has 8 heteroatoms. The fourth-order valence-electron chi connectivity index (χ4n) is 4.55. The van der Waals surface area contributed by atoms with Gasteiger partial charge in [0.25, 0.3) is 5.56 Å². The molecule has 2 aromatic heterocycles. The van der Waals surface area contributed by atoms with Crippen molar-refractivity contribution in [2.24, 2.45) is 7.05 Å². The first-order chi connectivity index (χ1) is 15.7. The van der Waals surface area contributed by atoms with Crippen molar-refractivity contribution in [1.29, 1.82) is 0 Å². The molecule has 0 aliphatic carbocycles. The van der Waals surface area contributed by atoms with Crippen LogP contribution in [0.2, 0.25) is 0 Å². The number of fused-ring (bicyclic) bond motifs is 3. The van der Waals surface area contributed by atoms with Gasteiger partial charge in [0.2, 0.25) is 5.95 Å². The van der Waals surface area contributed by atoms with Crippen LogP contribution in [0.3, 0.4) is 0 Å². The first-order valence-electron chi connectivity index (χ1n) is 11.0. The number of hydrogen-bond acceptors (Lipinski definition) is 5. The second kappa shape index (κ2) is 7.74. The molecule has 0 amide bonds. The monoisotopic (exact) mass is 445 g/mol. The first-order valence-corrected chi connectivity index (χ1v) is 11.0. The zero-order valence-corrected chi connectivity index (χ0v) is 19.2. The number of aliphatic hydroxyl groups excluding tert-OH is 1. The fraction of sp³-hybridized carbons (Fsp3) is 0.320. The average Bonchev–Trinajstić information content (AvgIpc) is 3.16. The molecule has 0 unspecified atom stereocenters. The lowest BCUT2D eigenvalue weighted by molar-refractivity contribution is 0.154. The van der Waals surface area contributed by atoms with E-state index in [1.807, 2.05) is 68.1 Å². The van der Waals surface area contributed by atoms with Gasteiger partial charge in [0.05, 0.1) is 25.7 Å². The Morgan fingerprint density at radius 1 is 1.03 bits per heavy atom. The molecule has 0 bridgehead atoms. The SMILES string of the molecule is Cc1cccc(Cn2c(=O)c3c(nc4n3C[C@H](O)CN4c3ccc(C)c(C)c3)n(C)c2=O)c1. The number of aliphatic hydroxyl groups is 1. The second-order valence-corrected chi connectivity index (χ2v) is 8.95. The second-order valence-electron chi connectivity index (χ2n) is 8.95. The van der Waals surface area contributed by atoms with Crippen molar-refractivity contribution in [2.45, 2.75) is 40.0 Å². The maximum absolute atomic E-state index is 13.6. The van der Waals surface area contributed by atoms with Crippen LogP contribution in [-0.4, -0.2) is 36.4 Å². The number of imidazole rings is 1. The van der Waals surface area contributed by atoms with Crippen LogP contribution in [-0.2, 0) is 20.1 Å². The number of aromatic nitrogens is 4. The van der Waals surface area contributed by atoms with Crippen LogP contribution in [0.1, 0.15) is 22.3 Å². The molecule has 0 saturated carbocycles. The molecule has 0 spiro atoms. The summed E-state index contributed by atoms with van der Waals surface area (Å²) in [5, 5.41) is 10.7. The van der Waals surface area contributed by atoms with Crippen LogP contribution in [0.15, 0.2) is 52.1 Å². The van der Waals surface area contributed by atoms with Crippen molar-refractivity contribution in [1.82, 2.24) is 18.7 Å². The zero-order valence-electron chi connectivity index (χ0n) is 19.2. The Hall–Kier alpha value is -3.65. The number of β-amino-alcohol motifs (C(OH)–C–C–N with tert-alkyl or cyclic N) is 1. The number of rotatable bonds is 3. The Labute approximate surface area is 191 Å². The third-order valence-electron chi connectivity index (χ3n) is 6.47. The molecule has 5 rings (SSSR count). The van der Waals surface area contributed by atoms with Crippen LogP contribution in [0.25, 0.3) is 11.2 Å². The molecule has 2 aromatic carbocycles. The molecule has 0 fully saturated rings. The number of benzene rings is 2. The molecule has 1 atom stereocenters. The molecule has 4 aromatic rings. The Bertz CT molecular complexity index is 1510. The highest BCUT2D eigenvalue weighted by atomic mass is 16.3. The standard InChI is InChI=1S/C25H27N5O3/c1-15-6-5-7-18(10-15)12-30-23(32)21-22(27(4)25(30)33)26-24-28(13-20(31)14-29(21)24)19-9-8-16(2)17(3)11-19/h5-11,20,31H,12-14H2,1-4H3/t20-/m1/s1. The van der Waals surface area contributed by atoms with Gasteiger partial charge in [0.1, 0.15) is 0 Å². The maximum Gasteiger partial charge on any atom is 0.332 e. The van der Waals surface area contributed by atoms with E-state index in [1.165, 1.54) is 14.7 Å². The van der Waals surface area contributed by atoms with Crippen LogP contribution >= 0.6 is 0 Å². The lowest BCUT2D eigenvalue weighted by atomic mass is 10.1. The van der Waals surface area contributed by atoms with Crippen molar-refractivity contribution < 1.29 is 5.11 Å². The van der Waals surface area contributed by atoms with Crippen molar-refractivity contribution in [3.63, 3.8) is 0 Å². The molecule has 8 nitrogen and oxygen atoms in total. The van der Waals surface area contributed by atoms with E-state index >= 15 is 0 Å². The van der Waals surface area contributed by atoms with Crippen molar-refractivity contribution >= 4 is 22.8 Å². The van der Waals surface area contributed by atoms with Gasteiger partial charge in [-0.25, -0.2) is 4.79 Å². The zero-order chi connectivity index (χ0) is 23.4. The van der Waals surface area contributed by atoms with E-state index in [0.717, 1.165) is 22.4 Å². The Morgan fingerprint density at radius 3 is 2.55 bits per heavy atom. The Morgan fingerprint density at radius 2 is 1.82 bits per heavy atom. The van der Waals surface area contributed by atoms with Gasteiger partial charge >= 0.3 is 5.69 Å². The number of anilines is 2. The highest BCUT2D eigenvalue weighted by Gasteiger charge is 2.30. The molecule has 0 saturated heterocycles. The van der Waals surface area contributed by atoms with Crippen LogP contribution in [0, 0.1) is 20.8 Å². The third-order valence-corrected chi connectivity index (χ3v) is 6.47. The topological polar surface area (TPSA) is 85.3 Å². The van der Waals surface area contributed by atoms with Crippen LogP contribution in [0.5, 0.6) is 0 Å². The van der Waals surface area contributed by atoms with Gasteiger partial charge in [0, 0.05) is 12.7 Å². The maximum atomic E-state index is 13.6. The molecule has 1 aliphatic rings. The van der Waals surface area contributed by atoms with Crippen molar-refractivity contribution in [3.8, 4) is 0 Å². The predicted molar refractivity (Wildman–Crippen MR) is 128 cm³/mol. The molecular formula is C25H27N5O3. The van der Waals surface area contributed by atoms with E-state index in [9.17, 15) is 14.7 Å². The van der Waals surface area contributed by atoms with Gasteiger partial charge < -0.3 is 14.6 Å². The highest BCUT2D eigenvalue weighted by molar-refractivity contribution is 5.77. The van der Waals surface area contributed by atoms with Gasteiger partial charge in [-0.15, -0.1) is 0 Å². The summed E-state index contributed by atoms with van der Waals surface area (Å²) in [5.41, 5.74) is 4.96. The molecule has 0 radical (unpaired) electrons. The lowest BCUT2D eigenvalue weighted by Gasteiger charge is -2.32. The van der Waals surface area contributed by atoms with Crippen molar-refractivity contribution in [3.05, 3.63) is 85.6 Å². The first kappa shape index (κ1) is 21.2. The number of nitrogens with zero attached hydrogens (tertiary/aromatic N) is 5. The van der Waals surface area contributed by atoms with E-state index in [0.29, 0.717) is 23.7 Å². The molecule has 170 valence electrons. The van der Waals surface area contributed by atoms with Gasteiger partial charge in [0.15, 0.2) is 11.2 Å². The summed E-state index contributed by atoms with van der Waals surface area (Å²) in [6, 6.07) is 13.8. The van der Waals surface area contributed by atoms with Gasteiger partial charge in [-0.3, -0.25) is 13.9 Å². The molecule has 1 N–H and O–H groups in total. The van der Waals surface area contributed by atoms with E-state index in [1.54, 1.807) is 11.6 Å². The average molecular weight is 446 g/mol. The summed E-state index contributed by atoms with van der Waals surface area (Å²) >= 11 is 0. The van der Waals surface area contributed by atoms with E-state index in [-0.39, 0.29) is 13.1 Å². The summed E-state index contributed by atoms with van der Waals surface area (Å²) in [7, 11) is 1.63. The highest BCUT2D eigenvalue weighted by Crippen LogP contribution is 2.32. The minimum atomic E-state index is -0.682. The predicted octanol–water partition coefficient (Wildman–Crippen LogP) is 2.38. The molecule has 33 heavy (non-hydrogen) atoms. The fourth-order valence-corrected chi connectivity index (χ4v) is 4.55. The van der Waals surface area contributed by atoms with Crippen LogP contribution in [0.4, 0.5) is 11.6 Å². The lowest BCUT2D eigenvalue weighted by Crippen LogP contribution is -2.42. The van der Waals surface area contributed by atoms with Crippen LogP contribution < -0.4 is 16.1 Å². The van der Waals surface area contributed by atoms with Gasteiger partial charge in [-0.2, -0.15) is 4.98 Å². The minimum Gasteiger partial charge on any atom is -0.389 e. The smallest absolute Gasteiger partial charge is 0.332 e. The Kier molecular flexibility index (Phi) is 4.97. The number of aryl methyl sites for hydroxylation is 4. The molecule has 3 heterocycles. The van der Waals surface area contributed by atoms with Gasteiger partial charge in [-0.1, -0.05) is 35.9 Å². The molecular weight excluding hydrogens is 418 g/mol. The summed E-state index contributed by atoms with van der Waals surface area (Å²) in [5.74, 6) is 0.555. The van der Waals surface area contributed by atoms with E-state index in [4.69, 9.17) is 4.98 Å². The van der Waals surface area contributed by atoms with Gasteiger partial charge in [-0.05, 0) is 49.6 Å². The normalized spacial score (nSPS) is 15.8. The molecule has 1 aliphatic heterocycles. The summed E-state index contributed by atoms with van der Waals surface area (Å²) < 4.78 is 4.41. The third kappa shape index (κ3) is 3.47. The minimum absolute atomic E-state index is 0.174. The van der Waals surface area contributed by atoms with E-state index in [2.05, 4.69) is 0 Å². The summed E-state index contributed by atoms with van der Waals surface area (Å²) in [6.45, 7) is 6.83.